The zero-order chi connectivity index (χ0) is 30.3. The molecule has 12 heteroatoms. The van der Waals surface area contributed by atoms with E-state index in [1.165, 1.54) is 32.1 Å². The van der Waals surface area contributed by atoms with Crippen molar-refractivity contribution in [3.05, 3.63) is 0 Å². The van der Waals surface area contributed by atoms with Gasteiger partial charge in [-0.15, -0.1) is 0 Å². The Bertz CT molecular complexity index is 427. The summed E-state index contributed by atoms with van der Waals surface area (Å²) in [5.41, 5.74) is 0. The second-order valence-corrected chi connectivity index (χ2v) is 10.3. The maximum absolute atomic E-state index is 5.58. The molecule has 0 aromatic rings. The Morgan fingerprint density at radius 2 is 0.476 bits per heavy atom. The fraction of sp³-hybridized carbons (Fsp3) is 1.00. The van der Waals surface area contributed by atoms with Crippen LogP contribution in [0.15, 0.2) is 0 Å². The van der Waals surface area contributed by atoms with Gasteiger partial charge in [0.2, 0.25) is 0 Å². The SMILES string of the molecule is CCCCCCCCOCCOCCOCCOCCOCCOCCOCCOCCOCCOCCOCCI. The van der Waals surface area contributed by atoms with Gasteiger partial charge < -0.3 is 52.1 Å². The highest BCUT2D eigenvalue weighted by Gasteiger charge is 1.96. The topological polar surface area (TPSA) is 102 Å². The van der Waals surface area contributed by atoms with Crippen LogP contribution in [0.1, 0.15) is 45.4 Å². The van der Waals surface area contributed by atoms with Crippen molar-refractivity contribution >= 4 is 22.6 Å². The second kappa shape index (κ2) is 41.3. The Kier molecular flexibility index (Phi) is 41.6. The van der Waals surface area contributed by atoms with Crippen LogP contribution in [-0.4, -0.2) is 150 Å². The van der Waals surface area contributed by atoms with Gasteiger partial charge in [-0.2, -0.15) is 0 Å². The van der Waals surface area contributed by atoms with Crippen molar-refractivity contribution < 1.29 is 52.1 Å². The normalized spacial score (nSPS) is 11.6. The van der Waals surface area contributed by atoms with E-state index < -0.39 is 0 Å². The van der Waals surface area contributed by atoms with Gasteiger partial charge >= 0.3 is 0 Å². The molecule has 0 bridgehead atoms. The van der Waals surface area contributed by atoms with Gasteiger partial charge in [-0.05, 0) is 6.42 Å². The fourth-order valence-corrected chi connectivity index (χ4v) is 3.65. The summed E-state index contributed by atoms with van der Waals surface area (Å²) in [6, 6.07) is 0. The zero-order valence-corrected chi connectivity index (χ0v) is 28.5. The van der Waals surface area contributed by atoms with Gasteiger partial charge in [-0.25, -0.2) is 0 Å². The first-order chi connectivity index (χ1) is 20.9. The molecule has 0 heterocycles. The summed E-state index contributed by atoms with van der Waals surface area (Å²) >= 11 is 2.28. The molecular weight excluding hydrogens is 663 g/mol. The molecule has 0 atom stereocenters. The van der Waals surface area contributed by atoms with Crippen LogP contribution in [0.4, 0.5) is 0 Å². The predicted octanol–water partition coefficient (Wildman–Crippen LogP) is 3.96. The molecule has 42 heavy (non-hydrogen) atoms. The number of rotatable bonds is 39. The molecule has 0 saturated carbocycles. The van der Waals surface area contributed by atoms with E-state index >= 15 is 0 Å². The van der Waals surface area contributed by atoms with Crippen molar-refractivity contribution in [2.75, 3.05) is 150 Å². The number of halogens is 1. The minimum Gasteiger partial charge on any atom is -0.379 e. The molecule has 0 radical (unpaired) electrons. The van der Waals surface area contributed by atoms with Crippen LogP contribution >= 0.6 is 22.6 Å². The van der Waals surface area contributed by atoms with E-state index in [9.17, 15) is 0 Å². The van der Waals surface area contributed by atoms with Crippen molar-refractivity contribution in [1.82, 2.24) is 0 Å². The van der Waals surface area contributed by atoms with Crippen LogP contribution in [0.5, 0.6) is 0 Å². The van der Waals surface area contributed by atoms with Crippen molar-refractivity contribution in [2.45, 2.75) is 45.4 Å². The highest BCUT2D eigenvalue weighted by molar-refractivity contribution is 14.1. The van der Waals surface area contributed by atoms with Gasteiger partial charge in [0.25, 0.3) is 0 Å². The Morgan fingerprint density at radius 3 is 0.738 bits per heavy atom. The maximum Gasteiger partial charge on any atom is 0.0701 e. The standard InChI is InChI=1S/C30H61IO11/c1-2-3-4-5-6-7-9-32-11-13-34-15-17-36-19-21-38-23-25-40-27-29-42-30-28-41-26-24-39-22-20-37-18-16-35-14-12-33-10-8-31/h2-30H2,1H3. The van der Waals surface area contributed by atoms with Crippen LogP contribution in [0.2, 0.25) is 0 Å². The van der Waals surface area contributed by atoms with Crippen molar-refractivity contribution in [2.24, 2.45) is 0 Å². The third-order valence-electron chi connectivity index (χ3n) is 5.58. The lowest BCUT2D eigenvalue weighted by Crippen LogP contribution is -2.15. The number of ether oxygens (including phenoxy) is 11. The molecular formula is C30H61IO11. The average molecular weight is 725 g/mol. The van der Waals surface area contributed by atoms with Crippen molar-refractivity contribution in [3.8, 4) is 0 Å². The minimum absolute atomic E-state index is 0.527. The highest BCUT2D eigenvalue weighted by atomic mass is 127. The van der Waals surface area contributed by atoms with E-state index in [4.69, 9.17) is 52.1 Å². The summed E-state index contributed by atoms with van der Waals surface area (Å²) in [4.78, 5) is 0. The van der Waals surface area contributed by atoms with Crippen molar-refractivity contribution in [3.63, 3.8) is 0 Å². The third-order valence-corrected chi connectivity index (χ3v) is 6.02. The molecule has 0 saturated heterocycles. The summed E-state index contributed by atoms with van der Waals surface area (Å²) in [5, 5.41) is 0. The van der Waals surface area contributed by atoms with E-state index in [2.05, 4.69) is 29.5 Å². The number of unbranched alkanes of at least 4 members (excludes halogenated alkanes) is 5. The van der Waals surface area contributed by atoms with Crippen LogP contribution in [0.25, 0.3) is 0 Å². The van der Waals surface area contributed by atoms with Gasteiger partial charge in [0.05, 0.1) is 139 Å². The Hall–Kier alpha value is 0.290. The molecule has 0 aliphatic heterocycles. The quantitative estimate of drug-likeness (QED) is 0.0524. The predicted molar refractivity (Wildman–Crippen MR) is 171 cm³/mol. The Labute approximate surface area is 269 Å². The molecule has 11 nitrogen and oxygen atoms in total. The van der Waals surface area contributed by atoms with E-state index in [0.29, 0.717) is 132 Å². The molecule has 0 rings (SSSR count). The van der Waals surface area contributed by atoms with Gasteiger partial charge in [-0.3, -0.25) is 0 Å². The lowest BCUT2D eigenvalue weighted by molar-refractivity contribution is -0.0273. The molecule has 0 aliphatic rings. The van der Waals surface area contributed by atoms with Crippen LogP contribution in [-0.2, 0) is 52.1 Å². The summed E-state index contributed by atoms with van der Waals surface area (Å²) in [7, 11) is 0. The van der Waals surface area contributed by atoms with Crippen LogP contribution in [0.3, 0.4) is 0 Å². The monoisotopic (exact) mass is 724 g/mol. The summed E-state index contributed by atoms with van der Waals surface area (Å²) < 4.78 is 61.1. The number of alkyl halides is 1. The van der Waals surface area contributed by atoms with Gasteiger partial charge in [0, 0.05) is 11.0 Å². The molecule has 0 N–H and O–H groups in total. The molecule has 0 unspecified atom stereocenters. The van der Waals surface area contributed by atoms with Gasteiger partial charge in [0.1, 0.15) is 0 Å². The molecule has 0 aliphatic carbocycles. The Balaban J connectivity index is 3.02. The van der Waals surface area contributed by atoms with E-state index in [1.807, 2.05) is 0 Å². The summed E-state index contributed by atoms with van der Waals surface area (Å²) in [6.45, 7) is 15.0. The van der Waals surface area contributed by atoms with Crippen LogP contribution in [0, 0.1) is 0 Å². The van der Waals surface area contributed by atoms with E-state index in [-0.39, 0.29) is 0 Å². The van der Waals surface area contributed by atoms with Gasteiger partial charge in [-0.1, -0.05) is 61.6 Å². The number of hydrogen-bond acceptors (Lipinski definition) is 11. The fourth-order valence-electron chi connectivity index (χ4n) is 3.34. The number of hydrogen-bond donors (Lipinski definition) is 0. The average Bonchev–Trinajstić information content (AvgIpc) is 3.00. The summed E-state index contributed by atoms with van der Waals surface area (Å²) in [5.74, 6) is 0. The first kappa shape index (κ1) is 42.3. The minimum atomic E-state index is 0.527. The van der Waals surface area contributed by atoms with Crippen LogP contribution < -0.4 is 0 Å². The molecule has 254 valence electrons. The second-order valence-electron chi connectivity index (χ2n) is 9.19. The van der Waals surface area contributed by atoms with Gasteiger partial charge in [0.15, 0.2) is 0 Å². The largest absolute Gasteiger partial charge is 0.379 e. The lowest BCUT2D eigenvalue weighted by atomic mass is 10.1. The molecule has 0 fully saturated rings. The van der Waals surface area contributed by atoms with Crippen molar-refractivity contribution in [1.29, 1.82) is 0 Å². The molecule has 0 amide bonds. The molecule has 0 aromatic carbocycles. The molecule has 0 spiro atoms. The first-order valence-electron chi connectivity index (χ1n) is 15.8. The highest BCUT2D eigenvalue weighted by Crippen LogP contribution is 2.04. The molecule has 0 aromatic heterocycles. The smallest absolute Gasteiger partial charge is 0.0701 e. The third kappa shape index (κ3) is 40.3. The maximum atomic E-state index is 5.58. The zero-order valence-electron chi connectivity index (χ0n) is 26.4. The first-order valence-corrected chi connectivity index (χ1v) is 17.4. The van der Waals surface area contributed by atoms with E-state index in [1.54, 1.807) is 0 Å². The Morgan fingerprint density at radius 1 is 0.262 bits per heavy atom. The van der Waals surface area contributed by atoms with E-state index in [0.717, 1.165) is 24.1 Å². The summed E-state index contributed by atoms with van der Waals surface area (Å²) in [6.07, 6.45) is 7.70. The lowest BCUT2D eigenvalue weighted by Gasteiger charge is -2.09.